The van der Waals surface area contributed by atoms with Crippen molar-refractivity contribution in [2.75, 3.05) is 0 Å². The molecule has 3 rings (SSSR count). The van der Waals surface area contributed by atoms with Crippen molar-refractivity contribution in [3.8, 4) is 0 Å². The van der Waals surface area contributed by atoms with Crippen molar-refractivity contribution < 1.29 is 0 Å². The van der Waals surface area contributed by atoms with E-state index in [0.29, 0.717) is 0 Å². The second kappa shape index (κ2) is 4.77. The van der Waals surface area contributed by atoms with Crippen LogP contribution in [0.25, 0.3) is 0 Å². The molecule has 2 nitrogen and oxygen atoms in total. The van der Waals surface area contributed by atoms with E-state index in [2.05, 4.69) is 18.3 Å². The minimum atomic E-state index is 0.752. The fraction of sp³-hybridized carbons (Fsp3) is 0.667. The van der Waals surface area contributed by atoms with Gasteiger partial charge in [0.2, 0.25) is 0 Å². The van der Waals surface area contributed by atoms with Crippen molar-refractivity contribution in [2.24, 2.45) is 0 Å². The summed E-state index contributed by atoms with van der Waals surface area (Å²) in [7, 11) is 0. The molecule has 0 bridgehead atoms. The van der Waals surface area contributed by atoms with Gasteiger partial charge in [-0.25, -0.2) is 0 Å². The van der Waals surface area contributed by atoms with Crippen LogP contribution in [0.2, 0.25) is 0 Å². The molecule has 1 aromatic heterocycles. The highest BCUT2D eigenvalue weighted by molar-refractivity contribution is 5.33. The Hall–Kier alpha value is -0.890. The van der Waals surface area contributed by atoms with Gasteiger partial charge in [-0.2, -0.15) is 0 Å². The number of hydrogen-bond donors (Lipinski definition) is 1. The van der Waals surface area contributed by atoms with Crippen LogP contribution in [0, 0.1) is 6.92 Å². The third-order valence-corrected chi connectivity index (χ3v) is 4.28. The van der Waals surface area contributed by atoms with Gasteiger partial charge in [0.1, 0.15) is 0 Å². The van der Waals surface area contributed by atoms with Crippen molar-refractivity contribution >= 4 is 0 Å². The van der Waals surface area contributed by atoms with Crippen molar-refractivity contribution in [1.29, 1.82) is 0 Å². The highest BCUT2D eigenvalue weighted by Gasteiger charge is 2.17. The highest BCUT2D eigenvalue weighted by atomic mass is 14.9. The minimum Gasteiger partial charge on any atom is -0.310 e. The zero-order valence-corrected chi connectivity index (χ0v) is 10.8. The highest BCUT2D eigenvalue weighted by Crippen LogP contribution is 2.23. The Labute approximate surface area is 104 Å². The molecule has 1 fully saturated rings. The monoisotopic (exact) mass is 230 g/mol. The number of aryl methyl sites for hydroxylation is 3. The van der Waals surface area contributed by atoms with E-state index < -0.39 is 0 Å². The number of hydrogen-bond acceptors (Lipinski definition) is 2. The first-order valence-corrected chi connectivity index (χ1v) is 7.04. The van der Waals surface area contributed by atoms with E-state index in [4.69, 9.17) is 4.98 Å². The molecule has 2 heteroatoms. The average Bonchev–Trinajstić information content (AvgIpc) is 2.95. The van der Waals surface area contributed by atoms with Crippen LogP contribution in [-0.4, -0.2) is 11.0 Å². The third-order valence-electron chi connectivity index (χ3n) is 4.28. The van der Waals surface area contributed by atoms with Gasteiger partial charge in [-0.15, -0.1) is 0 Å². The van der Waals surface area contributed by atoms with Gasteiger partial charge in [-0.3, -0.25) is 4.98 Å². The summed E-state index contributed by atoms with van der Waals surface area (Å²) in [6.45, 7) is 3.17. The summed E-state index contributed by atoms with van der Waals surface area (Å²) < 4.78 is 0. The lowest BCUT2D eigenvalue weighted by Crippen LogP contribution is -2.25. The van der Waals surface area contributed by atoms with Crippen LogP contribution in [0.4, 0.5) is 0 Å². The molecule has 0 aromatic carbocycles. The fourth-order valence-corrected chi connectivity index (χ4v) is 3.19. The van der Waals surface area contributed by atoms with Crippen LogP contribution in [0.5, 0.6) is 0 Å². The van der Waals surface area contributed by atoms with Gasteiger partial charge < -0.3 is 5.32 Å². The van der Waals surface area contributed by atoms with E-state index >= 15 is 0 Å². The second-order valence-corrected chi connectivity index (χ2v) is 5.55. The predicted octanol–water partition coefficient (Wildman–Crippen LogP) is 2.91. The molecule has 1 heterocycles. The summed E-state index contributed by atoms with van der Waals surface area (Å²) in [4.78, 5) is 4.76. The van der Waals surface area contributed by atoms with E-state index in [1.165, 1.54) is 67.5 Å². The molecule has 1 saturated carbocycles. The molecule has 0 spiro atoms. The van der Waals surface area contributed by atoms with Crippen molar-refractivity contribution in [3.63, 3.8) is 0 Å². The SMILES string of the molecule is Cc1nc2c(cc1CNC1CCCC1)CCC2. The van der Waals surface area contributed by atoms with Gasteiger partial charge in [-0.05, 0) is 50.2 Å². The van der Waals surface area contributed by atoms with Gasteiger partial charge in [-0.1, -0.05) is 18.9 Å². The van der Waals surface area contributed by atoms with E-state index in [-0.39, 0.29) is 0 Å². The van der Waals surface area contributed by atoms with Gasteiger partial charge in [0, 0.05) is 24.0 Å². The molecule has 0 atom stereocenters. The summed E-state index contributed by atoms with van der Waals surface area (Å²) in [5.41, 5.74) is 5.50. The first kappa shape index (κ1) is 11.2. The molecule has 92 valence electrons. The molecule has 17 heavy (non-hydrogen) atoms. The summed E-state index contributed by atoms with van der Waals surface area (Å²) in [5, 5.41) is 3.69. The van der Waals surface area contributed by atoms with Crippen molar-refractivity contribution in [3.05, 3.63) is 28.6 Å². The first-order valence-electron chi connectivity index (χ1n) is 7.04. The normalized spacial score (nSPS) is 19.8. The predicted molar refractivity (Wildman–Crippen MR) is 70.1 cm³/mol. The molecule has 2 aliphatic carbocycles. The van der Waals surface area contributed by atoms with E-state index in [1.54, 1.807) is 0 Å². The summed E-state index contributed by atoms with van der Waals surface area (Å²) in [6, 6.07) is 3.15. The van der Waals surface area contributed by atoms with Crippen LogP contribution in [0.15, 0.2) is 6.07 Å². The number of aromatic nitrogens is 1. The van der Waals surface area contributed by atoms with Crippen LogP contribution < -0.4 is 5.32 Å². The number of pyridine rings is 1. The number of rotatable bonds is 3. The molecule has 2 aliphatic rings. The smallest absolute Gasteiger partial charge is 0.0439 e. The molecule has 0 aliphatic heterocycles. The maximum atomic E-state index is 4.76. The topological polar surface area (TPSA) is 24.9 Å². The Morgan fingerprint density at radius 3 is 2.88 bits per heavy atom. The largest absolute Gasteiger partial charge is 0.310 e. The number of fused-ring (bicyclic) bond motifs is 1. The zero-order valence-electron chi connectivity index (χ0n) is 10.8. The number of nitrogens with zero attached hydrogens (tertiary/aromatic N) is 1. The van der Waals surface area contributed by atoms with E-state index in [9.17, 15) is 0 Å². The second-order valence-electron chi connectivity index (χ2n) is 5.55. The standard InChI is InChI=1S/C15H22N2/c1-11-13(10-16-14-6-2-3-7-14)9-12-5-4-8-15(12)17-11/h9,14,16H,2-8,10H2,1H3. The van der Waals surface area contributed by atoms with Gasteiger partial charge >= 0.3 is 0 Å². The molecule has 0 unspecified atom stereocenters. The lowest BCUT2D eigenvalue weighted by Gasteiger charge is -2.14. The quantitative estimate of drug-likeness (QED) is 0.863. The molecule has 0 amide bonds. The Balaban J connectivity index is 1.69. The molecule has 0 radical (unpaired) electrons. The van der Waals surface area contributed by atoms with E-state index in [1.807, 2.05) is 0 Å². The van der Waals surface area contributed by atoms with Crippen LogP contribution >= 0.6 is 0 Å². The molecule has 1 N–H and O–H groups in total. The maximum absolute atomic E-state index is 4.76. The Morgan fingerprint density at radius 1 is 1.24 bits per heavy atom. The summed E-state index contributed by atoms with van der Waals surface area (Å²) in [5.74, 6) is 0. The van der Waals surface area contributed by atoms with Crippen LogP contribution in [-0.2, 0) is 19.4 Å². The van der Waals surface area contributed by atoms with Gasteiger partial charge in [0.05, 0.1) is 0 Å². The van der Waals surface area contributed by atoms with Gasteiger partial charge in [0.15, 0.2) is 0 Å². The lowest BCUT2D eigenvalue weighted by atomic mass is 10.1. The summed E-state index contributed by atoms with van der Waals surface area (Å²) in [6.07, 6.45) is 9.24. The Morgan fingerprint density at radius 2 is 2.06 bits per heavy atom. The van der Waals surface area contributed by atoms with E-state index in [0.717, 1.165) is 12.6 Å². The average molecular weight is 230 g/mol. The Bertz CT molecular complexity index is 406. The minimum absolute atomic E-state index is 0.752. The zero-order chi connectivity index (χ0) is 11.7. The molecular weight excluding hydrogens is 208 g/mol. The Kier molecular flexibility index (Phi) is 3.15. The van der Waals surface area contributed by atoms with Gasteiger partial charge in [0.25, 0.3) is 0 Å². The van der Waals surface area contributed by atoms with Crippen LogP contribution in [0.1, 0.15) is 54.6 Å². The van der Waals surface area contributed by atoms with Crippen LogP contribution in [0.3, 0.4) is 0 Å². The van der Waals surface area contributed by atoms with Crippen molar-refractivity contribution in [2.45, 2.75) is 64.5 Å². The first-order chi connectivity index (χ1) is 8.33. The maximum Gasteiger partial charge on any atom is 0.0439 e. The number of nitrogens with one attached hydrogen (secondary N) is 1. The molecule has 1 aromatic rings. The molecular formula is C15H22N2. The fourth-order valence-electron chi connectivity index (χ4n) is 3.19. The third kappa shape index (κ3) is 2.37. The lowest BCUT2D eigenvalue weighted by molar-refractivity contribution is 0.522. The molecule has 0 saturated heterocycles. The summed E-state index contributed by atoms with van der Waals surface area (Å²) >= 11 is 0. The van der Waals surface area contributed by atoms with Crippen molar-refractivity contribution in [1.82, 2.24) is 10.3 Å².